The van der Waals surface area contributed by atoms with Gasteiger partial charge in [-0.15, -0.1) is 5.10 Å². The van der Waals surface area contributed by atoms with Crippen molar-refractivity contribution in [1.82, 2.24) is 15.0 Å². The molecule has 0 spiro atoms. The summed E-state index contributed by atoms with van der Waals surface area (Å²) in [5.41, 5.74) is 2.54. The summed E-state index contributed by atoms with van der Waals surface area (Å²) in [6.45, 7) is 6.60. The van der Waals surface area contributed by atoms with Crippen LogP contribution in [0.4, 0.5) is 5.69 Å². The van der Waals surface area contributed by atoms with Gasteiger partial charge in [0.25, 0.3) is 5.91 Å². The van der Waals surface area contributed by atoms with E-state index >= 15 is 0 Å². The van der Waals surface area contributed by atoms with Crippen LogP contribution in [0.2, 0.25) is 0 Å². The fourth-order valence-corrected chi connectivity index (χ4v) is 2.49. The van der Waals surface area contributed by atoms with Crippen molar-refractivity contribution in [2.45, 2.75) is 32.7 Å². The summed E-state index contributed by atoms with van der Waals surface area (Å²) >= 11 is 0. The number of fused-ring (bicyclic) bond motifs is 1. The molecular weight excluding hydrogens is 278 g/mol. The minimum absolute atomic E-state index is 0.177. The number of hydrogen-bond acceptors (Lipinski definition) is 4. The Hall–Kier alpha value is -2.68. The Bertz CT molecular complexity index is 779. The highest BCUT2D eigenvalue weighted by Gasteiger charge is 2.28. The van der Waals surface area contributed by atoms with Gasteiger partial charge in [0.15, 0.2) is 5.69 Å². The predicted octanol–water partition coefficient (Wildman–Crippen LogP) is 2.11. The van der Waals surface area contributed by atoms with Gasteiger partial charge in [0.1, 0.15) is 0 Å². The maximum Gasteiger partial charge on any atom is 0.280 e. The molecule has 1 aromatic heterocycles. The smallest absolute Gasteiger partial charge is 0.280 e. The number of hydrogen-bond donors (Lipinski definition) is 0. The van der Waals surface area contributed by atoms with Crippen molar-refractivity contribution in [1.29, 1.82) is 5.26 Å². The molecule has 0 saturated carbocycles. The van der Waals surface area contributed by atoms with E-state index in [4.69, 9.17) is 5.26 Å². The fourth-order valence-electron chi connectivity index (χ4n) is 2.49. The fraction of sp³-hybridized carbons (Fsp3) is 0.375. The maximum atomic E-state index is 12.7. The minimum Gasteiger partial charge on any atom is -0.306 e. The van der Waals surface area contributed by atoms with Crippen molar-refractivity contribution in [3.63, 3.8) is 0 Å². The van der Waals surface area contributed by atoms with E-state index in [1.807, 2.05) is 26.8 Å². The van der Waals surface area contributed by atoms with Gasteiger partial charge >= 0.3 is 0 Å². The molecule has 112 valence electrons. The van der Waals surface area contributed by atoms with Crippen LogP contribution >= 0.6 is 0 Å². The van der Waals surface area contributed by atoms with E-state index < -0.39 is 0 Å². The third-order valence-corrected chi connectivity index (χ3v) is 3.75. The first-order valence-electron chi connectivity index (χ1n) is 7.18. The monoisotopic (exact) mass is 295 g/mol. The number of carbonyl (C=O) groups excluding carboxylic acids is 1. The van der Waals surface area contributed by atoms with Crippen molar-refractivity contribution in [2.24, 2.45) is 0 Å². The molecule has 1 amide bonds. The van der Waals surface area contributed by atoms with Crippen LogP contribution in [0.15, 0.2) is 24.4 Å². The van der Waals surface area contributed by atoms with Crippen LogP contribution in [0.5, 0.6) is 0 Å². The lowest BCUT2D eigenvalue weighted by atomic mass is 10.1. The summed E-state index contributed by atoms with van der Waals surface area (Å²) in [5.74, 6) is -0.177. The third-order valence-electron chi connectivity index (χ3n) is 3.75. The van der Waals surface area contributed by atoms with Crippen LogP contribution in [-0.2, 0) is 12.0 Å². The molecule has 6 nitrogen and oxygen atoms in total. The van der Waals surface area contributed by atoms with Crippen LogP contribution in [0, 0.1) is 11.3 Å². The zero-order valence-electron chi connectivity index (χ0n) is 12.9. The molecule has 0 aliphatic carbocycles. The van der Waals surface area contributed by atoms with Crippen LogP contribution in [0.3, 0.4) is 0 Å². The average molecular weight is 295 g/mol. The van der Waals surface area contributed by atoms with E-state index in [0.717, 1.165) is 17.7 Å². The van der Waals surface area contributed by atoms with Gasteiger partial charge in [-0.1, -0.05) is 11.3 Å². The minimum atomic E-state index is -0.220. The highest BCUT2D eigenvalue weighted by molar-refractivity contribution is 6.05. The van der Waals surface area contributed by atoms with Crippen molar-refractivity contribution < 1.29 is 4.79 Å². The van der Waals surface area contributed by atoms with E-state index in [-0.39, 0.29) is 11.4 Å². The predicted molar refractivity (Wildman–Crippen MR) is 81.6 cm³/mol. The lowest BCUT2D eigenvalue weighted by Crippen LogP contribution is -2.29. The second-order valence-electron chi connectivity index (χ2n) is 6.38. The second kappa shape index (κ2) is 4.95. The first-order chi connectivity index (χ1) is 10.4. The van der Waals surface area contributed by atoms with E-state index in [1.54, 1.807) is 27.9 Å². The molecule has 0 N–H and O–H groups in total. The van der Waals surface area contributed by atoms with Gasteiger partial charge in [-0.05, 0) is 44.9 Å². The van der Waals surface area contributed by atoms with Crippen LogP contribution in [-0.4, -0.2) is 27.4 Å². The number of benzene rings is 1. The normalized spacial score (nSPS) is 13.8. The van der Waals surface area contributed by atoms with Crippen LogP contribution in [0.1, 0.15) is 42.4 Å². The largest absolute Gasteiger partial charge is 0.306 e. The molecule has 1 aliphatic rings. The Kier molecular flexibility index (Phi) is 3.21. The molecular formula is C16H17N5O. The Labute approximate surface area is 129 Å². The molecule has 0 unspecified atom stereocenters. The number of carbonyl (C=O) groups is 1. The Morgan fingerprint density at radius 3 is 2.77 bits per heavy atom. The molecule has 22 heavy (non-hydrogen) atoms. The molecule has 1 aromatic carbocycles. The molecule has 2 aromatic rings. The third kappa shape index (κ3) is 2.35. The molecule has 1 aliphatic heterocycles. The zero-order chi connectivity index (χ0) is 15.9. The van der Waals surface area contributed by atoms with Gasteiger partial charge in [-0.3, -0.25) is 4.79 Å². The quantitative estimate of drug-likeness (QED) is 0.807. The van der Waals surface area contributed by atoms with E-state index in [2.05, 4.69) is 16.4 Å². The Morgan fingerprint density at radius 2 is 2.14 bits per heavy atom. The van der Waals surface area contributed by atoms with Crippen molar-refractivity contribution in [3.8, 4) is 6.07 Å². The number of nitriles is 1. The summed E-state index contributed by atoms with van der Waals surface area (Å²) in [4.78, 5) is 14.4. The SMILES string of the molecule is CC(C)(C)n1cc(C(=O)N2CCc3ccc(C#N)cc32)nn1. The number of aromatic nitrogens is 3. The average Bonchev–Trinajstić information content (AvgIpc) is 3.12. The molecule has 6 heteroatoms. The summed E-state index contributed by atoms with van der Waals surface area (Å²) < 4.78 is 1.68. The highest BCUT2D eigenvalue weighted by Crippen LogP contribution is 2.30. The first-order valence-corrected chi connectivity index (χ1v) is 7.18. The number of amides is 1. The van der Waals surface area contributed by atoms with E-state index in [1.165, 1.54) is 0 Å². The lowest BCUT2D eigenvalue weighted by Gasteiger charge is -2.18. The molecule has 0 bridgehead atoms. The van der Waals surface area contributed by atoms with E-state index in [9.17, 15) is 4.79 Å². The maximum absolute atomic E-state index is 12.7. The molecule has 2 heterocycles. The Morgan fingerprint density at radius 1 is 1.36 bits per heavy atom. The van der Waals surface area contributed by atoms with Crippen molar-refractivity contribution in [2.75, 3.05) is 11.4 Å². The topological polar surface area (TPSA) is 74.8 Å². The van der Waals surface area contributed by atoms with Gasteiger partial charge in [0, 0.05) is 12.2 Å². The summed E-state index contributed by atoms with van der Waals surface area (Å²) in [6.07, 6.45) is 2.47. The highest BCUT2D eigenvalue weighted by atomic mass is 16.2. The van der Waals surface area contributed by atoms with E-state index in [0.29, 0.717) is 17.8 Å². The first kappa shape index (κ1) is 14.3. The number of rotatable bonds is 1. The lowest BCUT2D eigenvalue weighted by molar-refractivity contribution is 0.0984. The Balaban J connectivity index is 1.93. The summed E-state index contributed by atoms with van der Waals surface area (Å²) in [5, 5.41) is 17.1. The van der Waals surface area contributed by atoms with Gasteiger partial charge in [0.2, 0.25) is 0 Å². The van der Waals surface area contributed by atoms with Gasteiger partial charge < -0.3 is 4.90 Å². The van der Waals surface area contributed by atoms with Crippen LogP contribution < -0.4 is 4.90 Å². The molecule has 0 fully saturated rings. The molecule has 0 saturated heterocycles. The number of anilines is 1. The second-order valence-corrected chi connectivity index (χ2v) is 6.38. The number of nitrogens with zero attached hydrogens (tertiary/aromatic N) is 5. The molecule has 0 radical (unpaired) electrons. The summed E-state index contributed by atoms with van der Waals surface area (Å²) in [6, 6.07) is 7.56. The standard InChI is InChI=1S/C16H17N5O/c1-16(2,3)21-10-13(18-19-21)15(22)20-7-6-12-5-4-11(9-17)8-14(12)20/h4-5,8,10H,6-7H2,1-3H3. The zero-order valence-corrected chi connectivity index (χ0v) is 12.9. The van der Waals surface area contributed by atoms with Crippen molar-refractivity contribution in [3.05, 3.63) is 41.2 Å². The van der Waals surface area contributed by atoms with Crippen molar-refractivity contribution >= 4 is 11.6 Å². The summed E-state index contributed by atoms with van der Waals surface area (Å²) in [7, 11) is 0. The van der Waals surface area contributed by atoms with Gasteiger partial charge in [-0.2, -0.15) is 5.26 Å². The van der Waals surface area contributed by atoms with Crippen LogP contribution in [0.25, 0.3) is 0 Å². The molecule has 0 atom stereocenters. The molecule has 3 rings (SSSR count). The van der Waals surface area contributed by atoms with Gasteiger partial charge in [-0.25, -0.2) is 4.68 Å². The van der Waals surface area contributed by atoms with Gasteiger partial charge in [0.05, 0.1) is 23.4 Å².